The Morgan fingerprint density at radius 3 is 2.62 bits per heavy atom. The lowest BCUT2D eigenvalue weighted by atomic mass is 10.1. The van der Waals surface area contributed by atoms with E-state index in [4.69, 9.17) is 16.0 Å². The summed E-state index contributed by atoms with van der Waals surface area (Å²) in [6.45, 7) is 1.75. The molecule has 3 aromatic rings. The van der Waals surface area contributed by atoms with E-state index < -0.39 is 5.97 Å². The molecule has 2 heterocycles. The molecule has 144 valence electrons. The first-order chi connectivity index (χ1) is 13.9. The molecule has 0 radical (unpaired) electrons. The summed E-state index contributed by atoms with van der Waals surface area (Å²) in [6.07, 6.45) is 1.61. The zero-order valence-corrected chi connectivity index (χ0v) is 16.1. The molecule has 0 aliphatic carbocycles. The molecule has 0 saturated carbocycles. The van der Waals surface area contributed by atoms with Crippen LogP contribution in [0.1, 0.15) is 23.0 Å². The van der Waals surface area contributed by atoms with E-state index >= 15 is 0 Å². The van der Waals surface area contributed by atoms with Crippen molar-refractivity contribution in [3.63, 3.8) is 0 Å². The number of carboxylic acid groups (broad SMARTS) is 1. The lowest BCUT2D eigenvalue weighted by Crippen LogP contribution is -2.21. The van der Waals surface area contributed by atoms with Gasteiger partial charge in [0, 0.05) is 5.56 Å². The Kier molecular flexibility index (Phi) is 4.78. The Morgan fingerprint density at radius 2 is 1.90 bits per heavy atom. The molecule has 6 nitrogen and oxygen atoms in total. The van der Waals surface area contributed by atoms with Gasteiger partial charge in [-0.25, -0.2) is 4.79 Å². The highest BCUT2D eigenvalue weighted by Crippen LogP contribution is 2.32. The van der Waals surface area contributed by atoms with Crippen molar-refractivity contribution >= 4 is 41.0 Å². The average molecular weight is 407 g/mol. The summed E-state index contributed by atoms with van der Waals surface area (Å²) >= 11 is 6.20. The summed E-state index contributed by atoms with van der Waals surface area (Å²) in [6, 6.07) is 16.9. The molecule has 0 atom stereocenters. The van der Waals surface area contributed by atoms with E-state index in [2.05, 4.69) is 5.10 Å². The maximum Gasteiger partial charge on any atom is 0.335 e. The predicted molar refractivity (Wildman–Crippen MR) is 111 cm³/mol. The zero-order valence-electron chi connectivity index (χ0n) is 15.3. The first kappa shape index (κ1) is 18.7. The minimum absolute atomic E-state index is 0.105. The summed E-state index contributed by atoms with van der Waals surface area (Å²) in [5.41, 5.74) is 2.24. The van der Waals surface area contributed by atoms with Crippen molar-refractivity contribution < 1.29 is 19.1 Å². The molecule has 7 heteroatoms. The van der Waals surface area contributed by atoms with Gasteiger partial charge in [-0.2, -0.15) is 10.1 Å². The molecule has 2 aromatic carbocycles. The van der Waals surface area contributed by atoms with Crippen LogP contribution in [-0.2, 0) is 4.79 Å². The van der Waals surface area contributed by atoms with Crippen LogP contribution in [0.4, 0.5) is 5.69 Å². The van der Waals surface area contributed by atoms with Crippen LogP contribution in [0.15, 0.2) is 75.8 Å². The van der Waals surface area contributed by atoms with E-state index in [1.165, 1.54) is 23.2 Å². The van der Waals surface area contributed by atoms with Crippen LogP contribution in [0.5, 0.6) is 0 Å². The molecular formula is C22H15ClN2O4. The molecule has 0 fully saturated rings. The second kappa shape index (κ2) is 7.41. The molecule has 0 saturated heterocycles. The van der Waals surface area contributed by atoms with E-state index in [1.54, 1.807) is 37.3 Å². The Balaban J connectivity index is 1.65. The highest BCUT2D eigenvalue weighted by molar-refractivity contribution is 6.33. The number of carbonyl (C=O) groups excluding carboxylic acids is 1. The number of rotatable bonds is 4. The van der Waals surface area contributed by atoms with Gasteiger partial charge in [0.25, 0.3) is 5.91 Å². The normalized spacial score (nSPS) is 15.1. The monoisotopic (exact) mass is 406 g/mol. The molecule has 1 amide bonds. The summed E-state index contributed by atoms with van der Waals surface area (Å²) in [5.74, 6) is -0.465. The second-order valence-corrected chi connectivity index (χ2v) is 6.80. The lowest BCUT2D eigenvalue weighted by molar-refractivity contribution is -0.114. The Hall–Kier alpha value is -3.64. The number of carboxylic acids is 1. The maximum atomic E-state index is 12.8. The number of hydrogen-bond acceptors (Lipinski definition) is 4. The third kappa shape index (κ3) is 3.58. The van der Waals surface area contributed by atoms with Crippen LogP contribution in [0.2, 0.25) is 5.02 Å². The highest BCUT2D eigenvalue weighted by Gasteiger charge is 2.29. The van der Waals surface area contributed by atoms with Crippen LogP contribution in [0.25, 0.3) is 17.4 Å². The molecule has 1 aromatic heterocycles. The number of anilines is 1. The smallest absolute Gasteiger partial charge is 0.335 e. The summed E-state index contributed by atoms with van der Waals surface area (Å²) in [4.78, 5) is 24.0. The lowest BCUT2D eigenvalue weighted by Gasteiger charge is -2.10. The third-order valence-electron chi connectivity index (χ3n) is 4.46. The average Bonchev–Trinajstić information content (AvgIpc) is 3.29. The van der Waals surface area contributed by atoms with Gasteiger partial charge in [-0.15, -0.1) is 0 Å². The van der Waals surface area contributed by atoms with Gasteiger partial charge in [0.2, 0.25) is 0 Å². The standard InChI is InChI=1S/C22H15ClN2O4/c1-13-17(21(26)25(24-13)15-5-3-2-4-6-15)12-16-8-10-20(29-16)18-11-14(22(27)28)7-9-19(18)23/h2-12H,1H3,(H,27,28)/b17-12+. The minimum Gasteiger partial charge on any atom is -0.478 e. The highest BCUT2D eigenvalue weighted by atomic mass is 35.5. The molecule has 1 aliphatic heterocycles. The Morgan fingerprint density at radius 1 is 1.14 bits per heavy atom. The van der Waals surface area contributed by atoms with Crippen LogP contribution >= 0.6 is 11.6 Å². The van der Waals surface area contributed by atoms with Gasteiger partial charge in [-0.05, 0) is 55.5 Å². The fourth-order valence-corrected chi connectivity index (χ4v) is 3.20. The number of aromatic carboxylic acids is 1. The fourth-order valence-electron chi connectivity index (χ4n) is 2.99. The Bertz CT molecular complexity index is 1180. The number of furan rings is 1. The number of amides is 1. The molecular weight excluding hydrogens is 392 g/mol. The van der Waals surface area contributed by atoms with Crippen molar-refractivity contribution in [2.75, 3.05) is 5.01 Å². The maximum absolute atomic E-state index is 12.8. The number of benzene rings is 2. The summed E-state index contributed by atoms with van der Waals surface area (Å²) in [7, 11) is 0. The van der Waals surface area contributed by atoms with Gasteiger partial charge in [-0.3, -0.25) is 4.79 Å². The molecule has 0 bridgehead atoms. The zero-order chi connectivity index (χ0) is 20.5. The van der Waals surface area contributed by atoms with Gasteiger partial charge in [0.15, 0.2) is 0 Å². The Labute approximate surface area is 171 Å². The van der Waals surface area contributed by atoms with Gasteiger partial charge in [0.05, 0.1) is 27.6 Å². The van der Waals surface area contributed by atoms with Crippen LogP contribution in [0.3, 0.4) is 0 Å². The van der Waals surface area contributed by atoms with E-state index in [1.807, 2.05) is 18.2 Å². The number of hydrazone groups is 1. The van der Waals surface area contributed by atoms with E-state index in [0.29, 0.717) is 39.1 Å². The SMILES string of the molecule is CC1=NN(c2ccccc2)C(=O)/C1=C/c1ccc(-c2cc(C(=O)O)ccc2Cl)o1. The first-order valence-corrected chi connectivity index (χ1v) is 9.11. The molecule has 0 spiro atoms. The van der Waals surface area contributed by atoms with Crippen molar-refractivity contribution in [2.45, 2.75) is 6.92 Å². The van der Waals surface area contributed by atoms with E-state index in [9.17, 15) is 14.7 Å². The van der Waals surface area contributed by atoms with E-state index in [0.717, 1.165) is 0 Å². The molecule has 4 rings (SSSR count). The van der Waals surface area contributed by atoms with Crippen molar-refractivity contribution in [1.29, 1.82) is 0 Å². The predicted octanol–water partition coefficient (Wildman–Crippen LogP) is 5.10. The number of carbonyl (C=O) groups is 2. The van der Waals surface area contributed by atoms with Crippen molar-refractivity contribution in [3.8, 4) is 11.3 Å². The van der Waals surface area contributed by atoms with Crippen molar-refractivity contribution in [2.24, 2.45) is 5.10 Å². The fraction of sp³-hybridized carbons (Fsp3) is 0.0455. The molecule has 1 N–H and O–H groups in total. The summed E-state index contributed by atoms with van der Waals surface area (Å²) in [5, 5.41) is 15.2. The van der Waals surface area contributed by atoms with Crippen molar-refractivity contribution in [3.05, 3.63) is 82.6 Å². The number of halogens is 1. The molecule has 1 aliphatic rings. The largest absolute Gasteiger partial charge is 0.478 e. The van der Waals surface area contributed by atoms with Crippen LogP contribution in [-0.4, -0.2) is 22.7 Å². The van der Waals surface area contributed by atoms with Crippen LogP contribution in [0, 0.1) is 0 Å². The molecule has 29 heavy (non-hydrogen) atoms. The van der Waals surface area contributed by atoms with Gasteiger partial charge in [-0.1, -0.05) is 29.8 Å². The summed E-state index contributed by atoms with van der Waals surface area (Å²) < 4.78 is 5.81. The second-order valence-electron chi connectivity index (χ2n) is 6.40. The number of nitrogens with zero attached hydrogens (tertiary/aromatic N) is 2. The minimum atomic E-state index is -1.05. The topological polar surface area (TPSA) is 83.1 Å². The van der Waals surface area contributed by atoms with Gasteiger partial charge < -0.3 is 9.52 Å². The van der Waals surface area contributed by atoms with Crippen LogP contribution < -0.4 is 5.01 Å². The van der Waals surface area contributed by atoms with Gasteiger partial charge >= 0.3 is 5.97 Å². The number of para-hydroxylation sites is 1. The number of hydrogen-bond donors (Lipinski definition) is 1. The van der Waals surface area contributed by atoms with E-state index in [-0.39, 0.29) is 11.5 Å². The van der Waals surface area contributed by atoms with Gasteiger partial charge in [0.1, 0.15) is 11.5 Å². The quantitative estimate of drug-likeness (QED) is 0.610. The van der Waals surface area contributed by atoms with Crippen molar-refractivity contribution in [1.82, 2.24) is 0 Å². The molecule has 0 unspecified atom stereocenters. The first-order valence-electron chi connectivity index (χ1n) is 8.74. The third-order valence-corrected chi connectivity index (χ3v) is 4.79.